The normalized spacial score (nSPS) is 14.3. The lowest BCUT2D eigenvalue weighted by atomic mass is 10.1. The molecule has 0 atom stereocenters. The quantitative estimate of drug-likeness (QED) is 0.939. The molecule has 0 spiro atoms. The summed E-state index contributed by atoms with van der Waals surface area (Å²) in [5, 5.41) is 3.05. The number of amides is 1. The Hall–Kier alpha value is -2.53. The summed E-state index contributed by atoms with van der Waals surface area (Å²) >= 11 is 0. The minimum absolute atomic E-state index is 0.0978. The third kappa shape index (κ3) is 3.68. The predicted octanol–water partition coefficient (Wildman–Crippen LogP) is 2.84. The highest BCUT2D eigenvalue weighted by Gasteiger charge is 2.16. The van der Waals surface area contributed by atoms with Gasteiger partial charge < -0.3 is 19.9 Å². The van der Waals surface area contributed by atoms with Gasteiger partial charge in [-0.15, -0.1) is 0 Å². The first kappa shape index (κ1) is 16.3. The van der Waals surface area contributed by atoms with Gasteiger partial charge in [0.25, 0.3) is 5.91 Å². The van der Waals surface area contributed by atoms with Crippen LogP contribution >= 0.6 is 0 Å². The van der Waals surface area contributed by atoms with E-state index in [1.54, 1.807) is 0 Å². The Bertz CT molecular complexity index is 709. The van der Waals surface area contributed by atoms with Crippen LogP contribution in [0.2, 0.25) is 0 Å². The number of anilines is 3. The van der Waals surface area contributed by atoms with Gasteiger partial charge in [-0.05, 0) is 30.3 Å². The van der Waals surface area contributed by atoms with Gasteiger partial charge >= 0.3 is 0 Å². The molecule has 1 saturated heterocycles. The average Bonchev–Trinajstić information content (AvgIpc) is 2.63. The Morgan fingerprint density at radius 3 is 2.58 bits per heavy atom. The standard InChI is InChI=1S/C19H23N3O2/c1-21(2)16-7-5-6-15(14-16)19(23)20-17-8-3-4-9-18(17)22-10-12-24-13-11-22/h3-9,14H,10-13H2,1-2H3,(H,20,23). The van der Waals surface area contributed by atoms with E-state index in [0.29, 0.717) is 18.8 Å². The zero-order chi connectivity index (χ0) is 16.9. The smallest absolute Gasteiger partial charge is 0.255 e. The van der Waals surface area contributed by atoms with Crippen molar-refractivity contribution in [3.8, 4) is 0 Å². The number of para-hydroxylation sites is 2. The number of carbonyl (C=O) groups is 1. The molecule has 1 N–H and O–H groups in total. The fourth-order valence-corrected chi connectivity index (χ4v) is 2.78. The molecule has 1 fully saturated rings. The maximum atomic E-state index is 12.7. The largest absolute Gasteiger partial charge is 0.378 e. The van der Waals surface area contributed by atoms with E-state index < -0.39 is 0 Å². The number of nitrogens with zero attached hydrogens (tertiary/aromatic N) is 2. The minimum atomic E-state index is -0.0978. The molecule has 126 valence electrons. The fraction of sp³-hybridized carbons (Fsp3) is 0.316. The summed E-state index contributed by atoms with van der Waals surface area (Å²) in [6.07, 6.45) is 0. The lowest BCUT2D eigenvalue weighted by Gasteiger charge is -2.30. The van der Waals surface area contributed by atoms with Gasteiger partial charge in [-0.3, -0.25) is 4.79 Å². The van der Waals surface area contributed by atoms with Crippen molar-refractivity contribution in [3.05, 3.63) is 54.1 Å². The molecule has 2 aromatic rings. The van der Waals surface area contributed by atoms with Crippen molar-refractivity contribution in [2.75, 3.05) is 55.5 Å². The Morgan fingerprint density at radius 2 is 1.83 bits per heavy atom. The molecule has 1 heterocycles. The van der Waals surface area contributed by atoms with Crippen molar-refractivity contribution in [1.29, 1.82) is 0 Å². The second-order valence-corrected chi connectivity index (χ2v) is 6.02. The maximum absolute atomic E-state index is 12.7. The Labute approximate surface area is 142 Å². The van der Waals surface area contributed by atoms with E-state index in [9.17, 15) is 4.79 Å². The highest BCUT2D eigenvalue weighted by molar-refractivity contribution is 6.06. The SMILES string of the molecule is CN(C)c1cccc(C(=O)Nc2ccccc2N2CCOCC2)c1. The van der Waals surface area contributed by atoms with Crippen molar-refractivity contribution in [2.45, 2.75) is 0 Å². The molecule has 0 unspecified atom stereocenters. The number of morpholine rings is 1. The molecule has 2 aromatic carbocycles. The summed E-state index contributed by atoms with van der Waals surface area (Å²) < 4.78 is 5.41. The molecule has 3 rings (SSSR count). The first-order chi connectivity index (χ1) is 11.6. The van der Waals surface area contributed by atoms with Gasteiger partial charge in [0.2, 0.25) is 0 Å². The van der Waals surface area contributed by atoms with Crippen LogP contribution in [0, 0.1) is 0 Å². The fourth-order valence-electron chi connectivity index (χ4n) is 2.78. The molecular formula is C19H23N3O2. The van der Waals surface area contributed by atoms with Crippen molar-refractivity contribution in [1.82, 2.24) is 0 Å². The third-order valence-electron chi connectivity index (χ3n) is 4.13. The number of carbonyl (C=O) groups excluding carboxylic acids is 1. The zero-order valence-corrected chi connectivity index (χ0v) is 14.2. The summed E-state index contributed by atoms with van der Waals surface area (Å²) in [7, 11) is 3.93. The second-order valence-electron chi connectivity index (χ2n) is 6.02. The highest BCUT2D eigenvalue weighted by Crippen LogP contribution is 2.27. The van der Waals surface area contributed by atoms with E-state index in [0.717, 1.165) is 30.2 Å². The van der Waals surface area contributed by atoms with Crippen molar-refractivity contribution in [3.63, 3.8) is 0 Å². The van der Waals surface area contributed by atoms with Gasteiger partial charge in [0.15, 0.2) is 0 Å². The topological polar surface area (TPSA) is 44.8 Å². The second kappa shape index (κ2) is 7.36. The Kier molecular flexibility index (Phi) is 5.01. The number of hydrogen-bond acceptors (Lipinski definition) is 4. The molecule has 1 amide bonds. The summed E-state index contributed by atoms with van der Waals surface area (Å²) in [6, 6.07) is 15.5. The number of nitrogens with one attached hydrogen (secondary N) is 1. The van der Waals surface area contributed by atoms with Crippen LogP contribution in [0.15, 0.2) is 48.5 Å². The third-order valence-corrected chi connectivity index (χ3v) is 4.13. The van der Waals surface area contributed by atoms with E-state index in [4.69, 9.17) is 4.74 Å². The lowest BCUT2D eigenvalue weighted by molar-refractivity contribution is 0.102. The zero-order valence-electron chi connectivity index (χ0n) is 14.2. The van der Waals surface area contributed by atoms with Crippen LogP contribution in [-0.4, -0.2) is 46.3 Å². The van der Waals surface area contributed by atoms with Crippen LogP contribution in [0.3, 0.4) is 0 Å². The van der Waals surface area contributed by atoms with Crippen molar-refractivity contribution in [2.24, 2.45) is 0 Å². The molecular weight excluding hydrogens is 302 g/mol. The van der Waals surface area contributed by atoms with Crippen LogP contribution in [-0.2, 0) is 4.74 Å². The molecule has 5 heteroatoms. The lowest BCUT2D eigenvalue weighted by Crippen LogP contribution is -2.36. The molecule has 0 bridgehead atoms. The molecule has 0 radical (unpaired) electrons. The van der Waals surface area contributed by atoms with Gasteiger partial charge in [0.05, 0.1) is 24.6 Å². The van der Waals surface area contributed by atoms with Crippen LogP contribution < -0.4 is 15.1 Å². The molecule has 1 aliphatic rings. The van der Waals surface area contributed by atoms with Gasteiger partial charge in [0.1, 0.15) is 0 Å². The first-order valence-electron chi connectivity index (χ1n) is 8.15. The average molecular weight is 325 g/mol. The van der Waals surface area contributed by atoms with E-state index in [1.807, 2.05) is 67.5 Å². The summed E-state index contributed by atoms with van der Waals surface area (Å²) in [6.45, 7) is 3.10. The Morgan fingerprint density at radius 1 is 1.08 bits per heavy atom. The number of benzene rings is 2. The van der Waals surface area contributed by atoms with Crippen LogP contribution in [0.25, 0.3) is 0 Å². The van der Waals surface area contributed by atoms with Gasteiger partial charge in [0, 0.05) is 38.4 Å². The van der Waals surface area contributed by atoms with Gasteiger partial charge in [-0.2, -0.15) is 0 Å². The van der Waals surface area contributed by atoms with Crippen molar-refractivity contribution < 1.29 is 9.53 Å². The highest BCUT2D eigenvalue weighted by atomic mass is 16.5. The molecule has 5 nitrogen and oxygen atoms in total. The van der Waals surface area contributed by atoms with E-state index in [-0.39, 0.29) is 5.91 Å². The molecule has 24 heavy (non-hydrogen) atoms. The van der Waals surface area contributed by atoms with Crippen LogP contribution in [0.1, 0.15) is 10.4 Å². The number of hydrogen-bond donors (Lipinski definition) is 1. The van der Waals surface area contributed by atoms with Gasteiger partial charge in [-0.1, -0.05) is 18.2 Å². The molecule has 0 aromatic heterocycles. The van der Waals surface area contributed by atoms with Crippen LogP contribution in [0.4, 0.5) is 17.1 Å². The summed E-state index contributed by atoms with van der Waals surface area (Å²) in [5.74, 6) is -0.0978. The minimum Gasteiger partial charge on any atom is -0.378 e. The molecule has 1 aliphatic heterocycles. The number of rotatable bonds is 4. The predicted molar refractivity (Wildman–Crippen MR) is 98.2 cm³/mol. The summed E-state index contributed by atoms with van der Waals surface area (Å²) in [4.78, 5) is 16.9. The van der Waals surface area contributed by atoms with Crippen molar-refractivity contribution >= 4 is 23.0 Å². The number of ether oxygens (including phenoxy) is 1. The molecule has 0 saturated carbocycles. The Balaban J connectivity index is 1.80. The van der Waals surface area contributed by atoms with E-state index >= 15 is 0 Å². The van der Waals surface area contributed by atoms with E-state index in [2.05, 4.69) is 10.2 Å². The summed E-state index contributed by atoms with van der Waals surface area (Å²) in [5.41, 5.74) is 3.53. The first-order valence-corrected chi connectivity index (χ1v) is 8.15. The maximum Gasteiger partial charge on any atom is 0.255 e. The molecule has 0 aliphatic carbocycles. The monoisotopic (exact) mass is 325 g/mol. The van der Waals surface area contributed by atoms with Crippen LogP contribution in [0.5, 0.6) is 0 Å². The van der Waals surface area contributed by atoms with E-state index in [1.165, 1.54) is 0 Å². The van der Waals surface area contributed by atoms with Gasteiger partial charge in [-0.25, -0.2) is 0 Å².